The Balaban J connectivity index is 0.00000841. The monoisotopic (exact) mass is 427 g/mol. The topological polar surface area (TPSA) is 52.2 Å². The van der Waals surface area contributed by atoms with Gasteiger partial charge in [0.2, 0.25) is 0 Å². The fraction of sp³-hybridized carbons (Fsp3) is 0.808. The molecule has 1 fully saturated rings. The molecule has 0 heterocycles. The number of carboxylic acids is 1. The number of hydrogen-bond acceptors (Lipinski definition) is 3. The van der Waals surface area contributed by atoms with Crippen molar-refractivity contribution in [2.75, 3.05) is 13.1 Å². The molecule has 0 aromatic rings. The summed E-state index contributed by atoms with van der Waals surface area (Å²) in [6.45, 7) is 4.41. The molecule has 0 aliphatic heterocycles. The van der Waals surface area contributed by atoms with Crippen molar-refractivity contribution < 1.29 is 39.5 Å². The summed E-state index contributed by atoms with van der Waals surface area (Å²) in [5, 5.41) is 14.4. The van der Waals surface area contributed by atoms with Gasteiger partial charge in [0.15, 0.2) is 0 Å². The second-order valence-corrected chi connectivity index (χ2v) is 8.83. The molecule has 0 unspecified atom stereocenters. The smallest absolute Gasteiger partial charge is 0.550 e. The van der Waals surface area contributed by atoms with Crippen LogP contribution in [-0.2, 0) is 4.79 Å². The van der Waals surface area contributed by atoms with Crippen molar-refractivity contribution in [2.45, 2.75) is 110 Å². The molecular formula is C26H46NNaO2. The normalized spacial score (nSPS) is 19.4. The van der Waals surface area contributed by atoms with Gasteiger partial charge in [0, 0.05) is 5.97 Å². The minimum atomic E-state index is -0.849. The molecule has 0 radical (unpaired) electrons. The van der Waals surface area contributed by atoms with E-state index in [0.29, 0.717) is 5.92 Å². The van der Waals surface area contributed by atoms with Gasteiger partial charge >= 0.3 is 29.6 Å². The van der Waals surface area contributed by atoms with Gasteiger partial charge in [0.05, 0.1) is 0 Å². The Morgan fingerprint density at radius 3 is 2.00 bits per heavy atom. The summed E-state index contributed by atoms with van der Waals surface area (Å²) >= 11 is 0. The zero-order chi connectivity index (χ0) is 21.0. The largest absolute Gasteiger partial charge is 1.00 e. The Kier molecular flexibility index (Phi) is 22.1. The van der Waals surface area contributed by atoms with Crippen LogP contribution in [0.15, 0.2) is 24.3 Å². The average molecular weight is 428 g/mol. The maximum Gasteiger partial charge on any atom is 1.00 e. The molecule has 168 valence electrons. The van der Waals surface area contributed by atoms with Gasteiger partial charge in [-0.3, -0.25) is 0 Å². The molecule has 0 aromatic heterocycles. The standard InChI is InChI=1S/C26H47NO2.Na/c1-2-3-4-5-6-7-8-9-10-11-12-13-14-15-16-17-22-27-23-24-18-20-25(21-19-24)26(28)29;/h6-7,9-10,24-25,27H,2-5,8,11-23H2,1H3,(H,28,29);/q;+1/p-1/b7-6-,10-9-;. The van der Waals surface area contributed by atoms with Crippen molar-refractivity contribution in [3.05, 3.63) is 24.3 Å². The summed E-state index contributed by atoms with van der Waals surface area (Å²) in [6, 6.07) is 0. The van der Waals surface area contributed by atoms with Gasteiger partial charge < -0.3 is 15.2 Å². The van der Waals surface area contributed by atoms with Gasteiger partial charge in [0.1, 0.15) is 0 Å². The molecule has 1 aliphatic carbocycles. The van der Waals surface area contributed by atoms with Gasteiger partial charge in [-0.1, -0.05) is 69.8 Å². The minimum Gasteiger partial charge on any atom is -0.550 e. The van der Waals surface area contributed by atoms with Crippen molar-refractivity contribution in [1.82, 2.24) is 5.32 Å². The van der Waals surface area contributed by atoms with E-state index in [4.69, 9.17) is 0 Å². The SMILES string of the molecule is CCCCC/C=C\C/C=C\CCCCCCCCNCC1CCC(C(=O)[O-])CC1.[Na+]. The van der Waals surface area contributed by atoms with Gasteiger partial charge in [-0.05, 0) is 89.1 Å². The fourth-order valence-corrected chi connectivity index (χ4v) is 4.15. The number of carbonyl (C=O) groups is 1. The zero-order valence-electron chi connectivity index (χ0n) is 20.0. The summed E-state index contributed by atoms with van der Waals surface area (Å²) in [5.41, 5.74) is 0. The fourth-order valence-electron chi connectivity index (χ4n) is 4.15. The van der Waals surface area contributed by atoms with Gasteiger partial charge in [-0.2, -0.15) is 0 Å². The number of carbonyl (C=O) groups excluding carboxylic acids is 1. The van der Waals surface area contributed by atoms with E-state index in [1.807, 2.05) is 0 Å². The van der Waals surface area contributed by atoms with E-state index in [1.165, 1.54) is 70.6 Å². The number of unbranched alkanes of at least 4 members (excludes halogenated alkanes) is 9. The summed E-state index contributed by atoms with van der Waals surface area (Å²) in [6.07, 6.45) is 28.5. The third-order valence-corrected chi connectivity index (χ3v) is 6.17. The van der Waals surface area contributed by atoms with Crippen LogP contribution in [0.3, 0.4) is 0 Å². The maximum atomic E-state index is 10.9. The van der Waals surface area contributed by atoms with Crippen LogP contribution in [-0.4, -0.2) is 19.1 Å². The molecule has 0 bridgehead atoms. The van der Waals surface area contributed by atoms with E-state index in [-0.39, 0.29) is 35.5 Å². The van der Waals surface area contributed by atoms with Crippen molar-refractivity contribution in [1.29, 1.82) is 0 Å². The van der Waals surface area contributed by atoms with E-state index >= 15 is 0 Å². The number of aliphatic carboxylic acids is 1. The Morgan fingerprint density at radius 2 is 1.40 bits per heavy atom. The Morgan fingerprint density at radius 1 is 0.833 bits per heavy atom. The average Bonchev–Trinajstić information content (AvgIpc) is 2.73. The van der Waals surface area contributed by atoms with Crippen LogP contribution < -0.4 is 40.0 Å². The second-order valence-electron chi connectivity index (χ2n) is 8.83. The second kappa shape index (κ2) is 22.1. The van der Waals surface area contributed by atoms with Crippen LogP contribution in [0.2, 0.25) is 0 Å². The third-order valence-electron chi connectivity index (χ3n) is 6.17. The first-order valence-corrected chi connectivity index (χ1v) is 12.5. The summed E-state index contributed by atoms with van der Waals surface area (Å²) < 4.78 is 0. The number of carboxylic acid groups (broad SMARTS) is 1. The van der Waals surface area contributed by atoms with Crippen molar-refractivity contribution in [2.24, 2.45) is 11.8 Å². The first-order valence-electron chi connectivity index (χ1n) is 12.5. The van der Waals surface area contributed by atoms with Crippen LogP contribution in [0.5, 0.6) is 0 Å². The number of rotatable bonds is 18. The zero-order valence-corrected chi connectivity index (χ0v) is 22.0. The molecule has 1 rings (SSSR count). The van der Waals surface area contributed by atoms with Gasteiger partial charge in [0.25, 0.3) is 0 Å². The van der Waals surface area contributed by atoms with E-state index in [0.717, 1.165) is 45.2 Å². The third kappa shape index (κ3) is 17.6. The minimum absolute atomic E-state index is 0. The van der Waals surface area contributed by atoms with Crippen LogP contribution in [0, 0.1) is 11.8 Å². The first kappa shape index (κ1) is 29.9. The molecule has 0 amide bonds. The number of allylic oxidation sites excluding steroid dienone is 4. The predicted octanol–water partition coefficient (Wildman–Crippen LogP) is 2.95. The molecule has 0 spiro atoms. The predicted molar refractivity (Wildman–Crippen MR) is 123 cm³/mol. The Labute approximate surface area is 208 Å². The van der Waals surface area contributed by atoms with E-state index < -0.39 is 5.97 Å². The molecule has 3 nitrogen and oxygen atoms in total. The van der Waals surface area contributed by atoms with Gasteiger partial charge in [-0.15, -0.1) is 0 Å². The molecule has 4 heteroatoms. The van der Waals surface area contributed by atoms with Crippen LogP contribution >= 0.6 is 0 Å². The van der Waals surface area contributed by atoms with E-state index in [1.54, 1.807) is 0 Å². The first-order chi connectivity index (χ1) is 14.2. The van der Waals surface area contributed by atoms with Crippen molar-refractivity contribution in [3.63, 3.8) is 0 Å². The van der Waals surface area contributed by atoms with Crippen LogP contribution in [0.25, 0.3) is 0 Å². The number of nitrogens with one attached hydrogen (secondary N) is 1. The number of hydrogen-bond donors (Lipinski definition) is 1. The molecule has 30 heavy (non-hydrogen) atoms. The Bertz CT molecular complexity index is 442. The summed E-state index contributed by atoms with van der Waals surface area (Å²) in [4.78, 5) is 10.9. The van der Waals surface area contributed by atoms with Gasteiger partial charge in [-0.25, -0.2) is 0 Å². The summed E-state index contributed by atoms with van der Waals surface area (Å²) in [5.74, 6) is -0.383. The van der Waals surface area contributed by atoms with Crippen LogP contribution in [0.4, 0.5) is 0 Å². The van der Waals surface area contributed by atoms with Crippen molar-refractivity contribution >= 4 is 5.97 Å². The molecule has 0 aromatic carbocycles. The molecule has 0 atom stereocenters. The van der Waals surface area contributed by atoms with E-state index in [2.05, 4.69) is 36.5 Å². The molecule has 1 aliphatic rings. The Hall–Kier alpha value is -0.0900. The van der Waals surface area contributed by atoms with Crippen LogP contribution in [0.1, 0.15) is 110 Å². The molecular weight excluding hydrogens is 381 g/mol. The molecule has 1 saturated carbocycles. The van der Waals surface area contributed by atoms with E-state index in [9.17, 15) is 9.90 Å². The molecule has 0 saturated heterocycles. The van der Waals surface area contributed by atoms with Crippen molar-refractivity contribution in [3.8, 4) is 0 Å². The summed E-state index contributed by atoms with van der Waals surface area (Å²) in [7, 11) is 0. The quantitative estimate of drug-likeness (QED) is 0.208. The molecule has 1 N–H and O–H groups in total. The maximum absolute atomic E-state index is 10.9.